The van der Waals surface area contributed by atoms with Crippen LogP contribution >= 0.6 is 11.6 Å². The van der Waals surface area contributed by atoms with E-state index in [9.17, 15) is 5.11 Å². The zero-order chi connectivity index (χ0) is 15.5. The van der Waals surface area contributed by atoms with Crippen molar-refractivity contribution in [2.24, 2.45) is 5.73 Å². The van der Waals surface area contributed by atoms with E-state index in [1.807, 2.05) is 30.3 Å². The van der Waals surface area contributed by atoms with Gasteiger partial charge in [-0.05, 0) is 36.6 Å². The van der Waals surface area contributed by atoms with Gasteiger partial charge in [0.25, 0.3) is 0 Å². The van der Waals surface area contributed by atoms with E-state index in [1.54, 1.807) is 18.2 Å². The Balaban J connectivity index is 1.69. The van der Waals surface area contributed by atoms with E-state index in [0.29, 0.717) is 22.5 Å². The molecule has 0 spiro atoms. The van der Waals surface area contributed by atoms with Crippen molar-refractivity contribution in [3.8, 4) is 0 Å². The summed E-state index contributed by atoms with van der Waals surface area (Å²) in [6.07, 6.45) is 0.505. The summed E-state index contributed by atoms with van der Waals surface area (Å²) in [6, 6.07) is 14.7. The number of aliphatic hydroxyl groups is 1. The van der Waals surface area contributed by atoms with Gasteiger partial charge in [0.05, 0.1) is 0 Å². The van der Waals surface area contributed by atoms with Gasteiger partial charge in [-0.15, -0.1) is 0 Å². The van der Waals surface area contributed by atoms with Crippen molar-refractivity contribution in [1.29, 1.82) is 0 Å². The van der Waals surface area contributed by atoms with E-state index in [-0.39, 0.29) is 5.89 Å². The highest BCUT2D eigenvalue weighted by molar-refractivity contribution is 6.31. The molecule has 3 rings (SSSR count). The van der Waals surface area contributed by atoms with Crippen LogP contribution in [0.4, 0.5) is 0 Å². The van der Waals surface area contributed by atoms with E-state index >= 15 is 0 Å². The third-order valence-electron chi connectivity index (χ3n) is 3.63. The number of hydrogen-bond acceptors (Lipinski definition) is 4. The zero-order valence-electron chi connectivity index (χ0n) is 11.9. The second kappa shape index (κ2) is 6.48. The summed E-state index contributed by atoms with van der Waals surface area (Å²) in [4.78, 5) is 4.27. The van der Waals surface area contributed by atoms with Crippen LogP contribution in [0.2, 0.25) is 5.02 Å². The molecule has 0 aliphatic carbocycles. The Kier molecular flexibility index (Phi) is 4.43. The lowest BCUT2D eigenvalue weighted by Crippen LogP contribution is -2.29. The minimum atomic E-state index is -0.935. The lowest BCUT2D eigenvalue weighted by molar-refractivity contribution is 0.114. The fraction of sp³-hybridized carbons (Fsp3) is 0.235. The van der Waals surface area contributed by atoms with Crippen LogP contribution in [0, 0.1) is 0 Å². The summed E-state index contributed by atoms with van der Waals surface area (Å²) < 4.78 is 5.56. The number of benzene rings is 2. The first-order chi connectivity index (χ1) is 10.6. The maximum Gasteiger partial charge on any atom is 0.225 e. The molecule has 22 heavy (non-hydrogen) atoms. The first-order valence-electron chi connectivity index (χ1n) is 7.17. The number of oxazole rings is 1. The van der Waals surface area contributed by atoms with Crippen LogP contribution < -0.4 is 5.73 Å². The highest BCUT2D eigenvalue weighted by Crippen LogP contribution is 2.25. The van der Waals surface area contributed by atoms with E-state index < -0.39 is 12.1 Å². The second-order valence-electron chi connectivity index (χ2n) is 5.30. The van der Waals surface area contributed by atoms with E-state index in [2.05, 4.69) is 4.98 Å². The van der Waals surface area contributed by atoms with Gasteiger partial charge in [-0.2, -0.15) is 0 Å². The van der Waals surface area contributed by atoms with Crippen molar-refractivity contribution >= 4 is 22.7 Å². The van der Waals surface area contributed by atoms with Gasteiger partial charge in [-0.1, -0.05) is 41.9 Å². The van der Waals surface area contributed by atoms with Gasteiger partial charge < -0.3 is 15.3 Å². The molecule has 4 nitrogen and oxygen atoms in total. The van der Waals surface area contributed by atoms with E-state index in [4.69, 9.17) is 21.8 Å². The molecule has 2 atom stereocenters. The van der Waals surface area contributed by atoms with Crippen molar-refractivity contribution in [3.63, 3.8) is 0 Å². The Morgan fingerprint density at radius 1 is 1.18 bits per heavy atom. The molecule has 114 valence electrons. The van der Waals surface area contributed by atoms with E-state index in [1.165, 1.54) is 5.56 Å². The molecule has 1 heterocycles. The maximum atomic E-state index is 10.3. The summed E-state index contributed by atoms with van der Waals surface area (Å²) in [5, 5.41) is 10.9. The van der Waals surface area contributed by atoms with E-state index in [0.717, 1.165) is 6.42 Å². The average Bonchev–Trinajstić information content (AvgIpc) is 2.95. The lowest BCUT2D eigenvalue weighted by Gasteiger charge is -2.15. The monoisotopic (exact) mass is 316 g/mol. The van der Waals surface area contributed by atoms with Crippen molar-refractivity contribution in [2.75, 3.05) is 0 Å². The average molecular weight is 317 g/mol. The third kappa shape index (κ3) is 3.30. The topological polar surface area (TPSA) is 72.3 Å². The summed E-state index contributed by atoms with van der Waals surface area (Å²) in [5.41, 5.74) is 8.48. The van der Waals surface area contributed by atoms with Gasteiger partial charge in [0.1, 0.15) is 11.6 Å². The molecule has 3 aromatic rings. The second-order valence-corrected chi connectivity index (χ2v) is 5.73. The summed E-state index contributed by atoms with van der Waals surface area (Å²) >= 11 is 5.92. The zero-order valence-corrected chi connectivity index (χ0v) is 12.7. The maximum absolute atomic E-state index is 10.3. The Hall–Kier alpha value is -1.88. The molecule has 5 heteroatoms. The lowest BCUT2D eigenvalue weighted by atomic mass is 10.0. The SMILES string of the molecule is N[C@H](CCc1ccccc1)C(O)c1nc2cc(Cl)ccc2o1. The fourth-order valence-corrected chi connectivity index (χ4v) is 2.53. The van der Waals surface area contributed by atoms with Gasteiger partial charge in [0.15, 0.2) is 5.58 Å². The van der Waals surface area contributed by atoms with Crippen molar-refractivity contribution < 1.29 is 9.52 Å². The smallest absolute Gasteiger partial charge is 0.225 e. The molecule has 1 unspecified atom stereocenters. The van der Waals surface area contributed by atoms with Crippen LogP contribution in [-0.4, -0.2) is 16.1 Å². The molecular formula is C17H17ClN2O2. The minimum absolute atomic E-state index is 0.234. The largest absolute Gasteiger partial charge is 0.438 e. The number of nitrogens with zero attached hydrogens (tertiary/aromatic N) is 1. The van der Waals surface area contributed by atoms with Crippen molar-refractivity contribution in [2.45, 2.75) is 25.0 Å². The minimum Gasteiger partial charge on any atom is -0.438 e. The van der Waals surface area contributed by atoms with Crippen molar-refractivity contribution in [1.82, 2.24) is 4.98 Å². The van der Waals surface area contributed by atoms with Crippen LogP contribution in [0.3, 0.4) is 0 Å². The van der Waals surface area contributed by atoms with Crippen LogP contribution in [0.5, 0.6) is 0 Å². The first-order valence-corrected chi connectivity index (χ1v) is 7.55. The molecule has 3 N–H and O–H groups in total. The molecule has 2 aromatic carbocycles. The van der Waals surface area contributed by atoms with Crippen molar-refractivity contribution in [3.05, 3.63) is 65.0 Å². The highest BCUT2D eigenvalue weighted by Gasteiger charge is 2.22. The van der Waals surface area contributed by atoms with Crippen LogP contribution in [0.1, 0.15) is 24.0 Å². The van der Waals surface area contributed by atoms with Gasteiger partial charge in [0.2, 0.25) is 5.89 Å². The molecular weight excluding hydrogens is 300 g/mol. The number of aliphatic hydroxyl groups excluding tert-OH is 1. The highest BCUT2D eigenvalue weighted by atomic mass is 35.5. The molecule has 0 saturated heterocycles. The number of fused-ring (bicyclic) bond motifs is 1. The molecule has 0 bridgehead atoms. The van der Waals surface area contributed by atoms with Crippen LogP contribution in [0.25, 0.3) is 11.1 Å². The number of halogens is 1. The van der Waals surface area contributed by atoms with Gasteiger partial charge in [-0.25, -0.2) is 4.98 Å². The Morgan fingerprint density at radius 3 is 2.73 bits per heavy atom. The predicted octanol–water partition coefficient (Wildman–Crippen LogP) is 3.47. The van der Waals surface area contributed by atoms with Crippen LogP contribution in [-0.2, 0) is 6.42 Å². The third-order valence-corrected chi connectivity index (χ3v) is 3.87. The van der Waals surface area contributed by atoms with Crippen LogP contribution in [0.15, 0.2) is 52.9 Å². The molecule has 0 amide bonds. The quantitative estimate of drug-likeness (QED) is 0.756. The fourth-order valence-electron chi connectivity index (χ4n) is 2.36. The molecule has 0 saturated carbocycles. The summed E-state index contributed by atoms with van der Waals surface area (Å²) in [7, 11) is 0. The van der Waals surface area contributed by atoms with Gasteiger partial charge in [-0.3, -0.25) is 0 Å². The first kappa shape index (κ1) is 15.0. The molecule has 0 radical (unpaired) electrons. The van der Waals surface area contributed by atoms with Gasteiger partial charge in [0, 0.05) is 11.1 Å². The number of hydrogen-bond donors (Lipinski definition) is 2. The molecule has 1 aromatic heterocycles. The Labute approximate surface area is 133 Å². The Morgan fingerprint density at radius 2 is 1.95 bits per heavy atom. The van der Waals surface area contributed by atoms with Gasteiger partial charge >= 0.3 is 0 Å². The number of aromatic nitrogens is 1. The standard InChI is InChI=1S/C17H17ClN2O2/c18-12-7-9-15-14(10-12)20-17(22-15)16(21)13(19)8-6-11-4-2-1-3-5-11/h1-5,7,9-10,13,16,21H,6,8,19H2/t13-,16?/m1/s1. The molecule has 0 aliphatic rings. The molecule has 0 aliphatic heterocycles. The predicted molar refractivity (Wildman–Crippen MR) is 86.7 cm³/mol. The summed E-state index contributed by atoms with van der Waals surface area (Å²) in [6.45, 7) is 0. The number of aryl methyl sites for hydroxylation is 1. The Bertz CT molecular complexity index is 758. The molecule has 0 fully saturated rings. The number of nitrogens with two attached hydrogens (primary N) is 1. The normalized spacial score (nSPS) is 14.1. The number of rotatable bonds is 5. The summed E-state index contributed by atoms with van der Waals surface area (Å²) in [5.74, 6) is 0.234.